The smallest absolute Gasteiger partial charge is 0.364 e. The molecule has 1 aromatic heterocycles. The van der Waals surface area contributed by atoms with Crippen molar-refractivity contribution >= 4 is 5.82 Å². The van der Waals surface area contributed by atoms with Gasteiger partial charge in [-0.3, -0.25) is 9.88 Å². The number of rotatable bonds is 4. The van der Waals surface area contributed by atoms with Crippen molar-refractivity contribution in [1.29, 1.82) is 0 Å². The highest BCUT2D eigenvalue weighted by Crippen LogP contribution is 2.29. The van der Waals surface area contributed by atoms with Gasteiger partial charge in [-0.05, 0) is 38.0 Å². The molecule has 3 rings (SSSR count). The van der Waals surface area contributed by atoms with Gasteiger partial charge in [-0.25, -0.2) is 4.98 Å². The molecule has 1 N–H and O–H groups in total. The molecule has 0 amide bonds. The van der Waals surface area contributed by atoms with Gasteiger partial charge in [-0.2, -0.15) is 13.2 Å². The van der Waals surface area contributed by atoms with Crippen molar-refractivity contribution in [3.63, 3.8) is 0 Å². The second kappa shape index (κ2) is 7.00. The summed E-state index contributed by atoms with van der Waals surface area (Å²) >= 11 is 0. The molecule has 4 nitrogen and oxygen atoms in total. The van der Waals surface area contributed by atoms with Crippen molar-refractivity contribution in [3.8, 4) is 0 Å². The van der Waals surface area contributed by atoms with E-state index in [1.54, 1.807) is 18.3 Å². The van der Waals surface area contributed by atoms with Crippen molar-refractivity contribution in [2.75, 3.05) is 18.4 Å². The lowest BCUT2D eigenvalue weighted by molar-refractivity contribution is -0.137. The third-order valence-corrected chi connectivity index (χ3v) is 4.38. The second-order valence-electron chi connectivity index (χ2n) is 6.51. The number of likely N-dealkylation sites (tertiary alicyclic amines) is 1. The van der Waals surface area contributed by atoms with Crippen molar-refractivity contribution in [2.45, 2.75) is 39.0 Å². The predicted octanol–water partition coefficient (Wildman–Crippen LogP) is 3.80. The summed E-state index contributed by atoms with van der Waals surface area (Å²) in [6.45, 7) is 6.20. The number of aromatic nitrogens is 2. The molecule has 2 heterocycles. The maximum absolute atomic E-state index is 12.6. The molecule has 1 saturated heterocycles. The minimum absolute atomic E-state index is 0.268. The average Bonchev–Trinajstić information content (AvgIpc) is 2.98. The van der Waals surface area contributed by atoms with E-state index in [0.717, 1.165) is 54.4 Å². The molecule has 0 saturated carbocycles. The third kappa shape index (κ3) is 4.48. The Kier molecular flexibility index (Phi) is 4.94. The van der Waals surface area contributed by atoms with Gasteiger partial charge in [0.1, 0.15) is 5.82 Å². The number of halogens is 3. The Morgan fingerprint density at radius 1 is 1.20 bits per heavy atom. The van der Waals surface area contributed by atoms with Crippen LogP contribution < -0.4 is 5.32 Å². The van der Waals surface area contributed by atoms with E-state index in [9.17, 15) is 13.2 Å². The molecule has 1 aromatic carbocycles. The zero-order chi connectivity index (χ0) is 18.0. The van der Waals surface area contributed by atoms with Gasteiger partial charge in [0.05, 0.1) is 17.0 Å². The lowest BCUT2D eigenvalue weighted by Gasteiger charge is -2.18. The quantitative estimate of drug-likeness (QED) is 0.911. The monoisotopic (exact) mass is 350 g/mol. The number of alkyl halides is 3. The van der Waals surface area contributed by atoms with Gasteiger partial charge in [0.25, 0.3) is 0 Å². The van der Waals surface area contributed by atoms with E-state index in [1.807, 2.05) is 13.8 Å². The molecule has 2 aromatic rings. The summed E-state index contributed by atoms with van der Waals surface area (Å²) in [5, 5.41) is 3.43. The third-order valence-electron chi connectivity index (χ3n) is 4.38. The van der Waals surface area contributed by atoms with Crippen LogP contribution in [0.3, 0.4) is 0 Å². The first kappa shape index (κ1) is 17.7. The molecular formula is C18H21F3N4. The Hall–Kier alpha value is -2.15. The largest absolute Gasteiger partial charge is 0.416 e. The first-order valence-corrected chi connectivity index (χ1v) is 8.26. The Balaban J connectivity index is 1.57. The standard InChI is InChI=1S/C18H21F3N4/c1-12-9-22-13(2)17(23-12)24-16-7-8-25(11-16)10-14-3-5-15(6-4-14)18(19,20)21/h3-6,9,16H,7-8,10-11H2,1-2H3,(H,23,24). The van der Waals surface area contributed by atoms with E-state index in [4.69, 9.17) is 0 Å². The van der Waals surface area contributed by atoms with Crippen molar-refractivity contribution in [2.24, 2.45) is 0 Å². The van der Waals surface area contributed by atoms with E-state index in [-0.39, 0.29) is 6.04 Å². The molecule has 1 aliphatic heterocycles. The number of aryl methyl sites for hydroxylation is 2. The van der Waals surface area contributed by atoms with Crippen LogP contribution in [0, 0.1) is 13.8 Å². The number of anilines is 1. The molecule has 134 valence electrons. The lowest BCUT2D eigenvalue weighted by Crippen LogP contribution is -2.26. The fourth-order valence-electron chi connectivity index (χ4n) is 3.02. The zero-order valence-corrected chi connectivity index (χ0v) is 14.3. The van der Waals surface area contributed by atoms with Crippen LogP contribution in [0.4, 0.5) is 19.0 Å². The topological polar surface area (TPSA) is 41.1 Å². The van der Waals surface area contributed by atoms with Gasteiger partial charge in [0.15, 0.2) is 0 Å². The van der Waals surface area contributed by atoms with Crippen molar-refractivity contribution in [3.05, 3.63) is 53.0 Å². The van der Waals surface area contributed by atoms with Crippen LogP contribution in [-0.2, 0) is 12.7 Å². The van der Waals surface area contributed by atoms with E-state index >= 15 is 0 Å². The fraction of sp³-hybridized carbons (Fsp3) is 0.444. The van der Waals surface area contributed by atoms with Gasteiger partial charge in [-0.15, -0.1) is 0 Å². The first-order chi connectivity index (χ1) is 11.8. The molecule has 1 atom stereocenters. The molecular weight excluding hydrogens is 329 g/mol. The van der Waals surface area contributed by atoms with Crippen LogP contribution in [0.1, 0.15) is 28.9 Å². The second-order valence-corrected chi connectivity index (χ2v) is 6.51. The number of nitrogens with one attached hydrogen (secondary N) is 1. The molecule has 1 fully saturated rings. The van der Waals surface area contributed by atoms with E-state index in [2.05, 4.69) is 20.2 Å². The maximum Gasteiger partial charge on any atom is 0.416 e. The summed E-state index contributed by atoms with van der Waals surface area (Å²) in [5.74, 6) is 0.807. The van der Waals surface area contributed by atoms with Crippen LogP contribution in [0.5, 0.6) is 0 Å². The van der Waals surface area contributed by atoms with E-state index < -0.39 is 11.7 Å². The number of benzene rings is 1. The highest BCUT2D eigenvalue weighted by molar-refractivity contribution is 5.41. The summed E-state index contributed by atoms with van der Waals surface area (Å²) in [7, 11) is 0. The number of nitrogens with zero attached hydrogens (tertiary/aromatic N) is 3. The molecule has 1 unspecified atom stereocenters. The zero-order valence-electron chi connectivity index (χ0n) is 14.3. The minimum atomic E-state index is -4.28. The predicted molar refractivity (Wildman–Crippen MR) is 90.3 cm³/mol. The van der Waals surface area contributed by atoms with Gasteiger partial charge in [0.2, 0.25) is 0 Å². The summed E-state index contributed by atoms with van der Waals surface area (Å²) in [4.78, 5) is 11.0. The van der Waals surface area contributed by atoms with Gasteiger partial charge >= 0.3 is 6.18 Å². The highest BCUT2D eigenvalue weighted by Gasteiger charge is 2.30. The highest BCUT2D eigenvalue weighted by atomic mass is 19.4. The number of hydrogen-bond acceptors (Lipinski definition) is 4. The first-order valence-electron chi connectivity index (χ1n) is 8.26. The SMILES string of the molecule is Cc1cnc(C)c(NC2CCN(Cc3ccc(C(F)(F)F)cc3)C2)n1. The van der Waals surface area contributed by atoms with E-state index in [0.29, 0.717) is 6.54 Å². The average molecular weight is 350 g/mol. The molecule has 0 bridgehead atoms. The van der Waals surface area contributed by atoms with Crippen LogP contribution in [0.15, 0.2) is 30.5 Å². The lowest BCUT2D eigenvalue weighted by atomic mass is 10.1. The van der Waals surface area contributed by atoms with Gasteiger partial charge in [0, 0.05) is 31.9 Å². The minimum Gasteiger partial charge on any atom is -0.364 e. The summed E-state index contributed by atoms with van der Waals surface area (Å²) in [6.07, 6.45) is -1.57. The van der Waals surface area contributed by atoms with E-state index in [1.165, 1.54) is 0 Å². The van der Waals surface area contributed by atoms with Crippen molar-refractivity contribution in [1.82, 2.24) is 14.9 Å². The van der Waals surface area contributed by atoms with Gasteiger partial charge in [-0.1, -0.05) is 12.1 Å². The van der Waals surface area contributed by atoms with Crippen LogP contribution >= 0.6 is 0 Å². The van der Waals surface area contributed by atoms with Crippen LogP contribution in [0.2, 0.25) is 0 Å². The van der Waals surface area contributed by atoms with Crippen molar-refractivity contribution < 1.29 is 13.2 Å². The summed E-state index contributed by atoms with van der Waals surface area (Å²) in [6, 6.07) is 5.67. The molecule has 0 radical (unpaired) electrons. The summed E-state index contributed by atoms with van der Waals surface area (Å²) < 4.78 is 37.8. The Morgan fingerprint density at radius 2 is 1.92 bits per heavy atom. The molecule has 0 aliphatic carbocycles. The Bertz CT molecular complexity index is 728. The molecule has 25 heavy (non-hydrogen) atoms. The maximum atomic E-state index is 12.6. The Labute approximate surface area is 145 Å². The summed E-state index contributed by atoms with van der Waals surface area (Å²) in [5.41, 5.74) is 2.02. The normalized spacial score (nSPS) is 18.5. The fourth-order valence-corrected chi connectivity index (χ4v) is 3.02. The van der Waals surface area contributed by atoms with Gasteiger partial charge < -0.3 is 5.32 Å². The molecule has 1 aliphatic rings. The molecule has 0 spiro atoms. The van der Waals surface area contributed by atoms with Crippen LogP contribution in [-0.4, -0.2) is 34.0 Å². The molecule has 7 heteroatoms. The Morgan fingerprint density at radius 3 is 2.60 bits per heavy atom. The number of hydrogen-bond donors (Lipinski definition) is 1. The van der Waals surface area contributed by atoms with Crippen LogP contribution in [0.25, 0.3) is 0 Å².